The molecule has 0 radical (unpaired) electrons. The lowest BCUT2D eigenvalue weighted by Gasteiger charge is -2.28. The second-order valence-corrected chi connectivity index (χ2v) is 9.03. The fraction of sp³-hybridized carbons (Fsp3) is 0.417. The summed E-state index contributed by atoms with van der Waals surface area (Å²) in [7, 11) is 0. The van der Waals surface area contributed by atoms with Crippen LogP contribution in [0.3, 0.4) is 0 Å². The normalized spacial score (nSPS) is 16.2. The molecule has 0 aromatic heterocycles. The number of carbonyl (C=O) groups is 1. The minimum atomic E-state index is -0.659. The summed E-state index contributed by atoms with van der Waals surface area (Å²) in [4.78, 5) is 20.2. The Morgan fingerprint density at radius 2 is 1.93 bits per heavy atom. The van der Waals surface area contributed by atoms with E-state index in [0.29, 0.717) is 12.8 Å². The lowest BCUT2D eigenvalue weighted by atomic mass is 9.91. The van der Waals surface area contributed by atoms with Crippen LogP contribution < -0.4 is 0 Å². The van der Waals surface area contributed by atoms with Crippen LogP contribution >= 0.6 is 0 Å². The summed E-state index contributed by atoms with van der Waals surface area (Å²) in [6, 6.07) is 11.4. The van der Waals surface area contributed by atoms with Gasteiger partial charge < -0.3 is 9.74 Å². The summed E-state index contributed by atoms with van der Waals surface area (Å²) in [6.07, 6.45) is 0.566. The zero-order valence-corrected chi connectivity index (χ0v) is 17.9. The van der Waals surface area contributed by atoms with Crippen molar-refractivity contribution < 1.29 is 18.4 Å². The van der Waals surface area contributed by atoms with Gasteiger partial charge in [-0.1, -0.05) is 56.3 Å². The second-order valence-electron chi connectivity index (χ2n) is 9.03. The smallest absolute Gasteiger partial charge is 0.223 e. The van der Waals surface area contributed by atoms with E-state index in [1.54, 1.807) is 4.90 Å². The van der Waals surface area contributed by atoms with E-state index in [1.807, 2.05) is 52.0 Å². The molecule has 30 heavy (non-hydrogen) atoms. The summed E-state index contributed by atoms with van der Waals surface area (Å²) in [5.74, 6) is -1.40. The van der Waals surface area contributed by atoms with Crippen LogP contribution in [0.4, 0.5) is 8.78 Å². The highest BCUT2D eigenvalue weighted by atomic mass is 19.1. The molecule has 0 unspecified atom stereocenters. The first-order chi connectivity index (χ1) is 14.1. The average Bonchev–Trinajstić information content (AvgIpc) is 3.10. The van der Waals surface area contributed by atoms with E-state index in [0.717, 1.165) is 22.9 Å². The maximum absolute atomic E-state index is 14.2. The third-order valence-corrected chi connectivity index (χ3v) is 5.02. The molecular weight excluding hydrogens is 386 g/mol. The van der Waals surface area contributed by atoms with Crippen molar-refractivity contribution in [2.24, 2.45) is 10.6 Å². The first kappa shape index (κ1) is 21.9. The number of carbonyl (C=O) groups excluding carboxylic acids is 1. The largest absolute Gasteiger partial charge is 0.390 e. The number of rotatable bonds is 6. The van der Waals surface area contributed by atoms with Gasteiger partial charge in [-0.15, -0.1) is 0 Å². The number of nitrogens with zero attached hydrogens (tertiary/aromatic N) is 2. The molecule has 1 heterocycles. The molecule has 0 spiro atoms. The third kappa shape index (κ3) is 5.65. The van der Waals surface area contributed by atoms with Gasteiger partial charge in [-0.2, -0.15) is 0 Å². The Morgan fingerprint density at radius 3 is 2.60 bits per heavy atom. The summed E-state index contributed by atoms with van der Waals surface area (Å²) < 4.78 is 27.5. The van der Waals surface area contributed by atoms with Gasteiger partial charge in [0.05, 0.1) is 12.3 Å². The molecule has 0 bridgehead atoms. The zero-order chi connectivity index (χ0) is 21.9. The van der Waals surface area contributed by atoms with Crippen LogP contribution in [0.1, 0.15) is 50.3 Å². The molecule has 1 atom stereocenters. The summed E-state index contributed by atoms with van der Waals surface area (Å²) in [5, 5.41) is 4.23. The predicted octanol–water partition coefficient (Wildman–Crippen LogP) is 5.23. The van der Waals surface area contributed by atoms with E-state index in [-0.39, 0.29) is 36.1 Å². The van der Waals surface area contributed by atoms with Crippen LogP contribution in [0, 0.1) is 24.0 Å². The topological polar surface area (TPSA) is 41.9 Å². The van der Waals surface area contributed by atoms with Gasteiger partial charge in [0, 0.05) is 36.6 Å². The molecule has 4 nitrogen and oxygen atoms in total. The molecule has 6 heteroatoms. The minimum absolute atomic E-state index is 0.0561. The van der Waals surface area contributed by atoms with Crippen molar-refractivity contribution in [3.8, 4) is 0 Å². The van der Waals surface area contributed by atoms with Gasteiger partial charge in [-0.3, -0.25) is 4.79 Å². The van der Waals surface area contributed by atoms with Gasteiger partial charge >= 0.3 is 0 Å². The van der Waals surface area contributed by atoms with E-state index in [9.17, 15) is 13.6 Å². The van der Waals surface area contributed by atoms with Crippen molar-refractivity contribution in [1.29, 1.82) is 0 Å². The van der Waals surface area contributed by atoms with Crippen molar-refractivity contribution >= 4 is 11.6 Å². The number of amides is 1. The number of hydrogen-bond donors (Lipinski definition) is 0. The standard InChI is InChI=1S/C24H28F2N2O2/c1-16-7-5-6-8-20(16)22-12-19(30-27-22)15-28(23(29)13-24(2,3)4)14-17-9-10-18(25)11-21(17)26/h5-11,19H,12-15H2,1-4H3/t19-/m0/s1. The number of hydrogen-bond acceptors (Lipinski definition) is 3. The Kier molecular flexibility index (Phi) is 6.54. The maximum atomic E-state index is 14.2. The van der Waals surface area contributed by atoms with E-state index >= 15 is 0 Å². The quantitative estimate of drug-likeness (QED) is 0.649. The Balaban J connectivity index is 1.74. The van der Waals surface area contributed by atoms with Crippen LogP contribution in [-0.2, 0) is 16.2 Å². The van der Waals surface area contributed by atoms with E-state index in [4.69, 9.17) is 4.84 Å². The molecule has 1 aliphatic rings. The number of oxime groups is 1. The molecule has 0 fully saturated rings. The van der Waals surface area contributed by atoms with Gasteiger partial charge in [0.15, 0.2) is 6.10 Å². The Morgan fingerprint density at radius 1 is 1.20 bits per heavy atom. The van der Waals surface area contributed by atoms with Gasteiger partial charge in [-0.25, -0.2) is 8.78 Å². The lowest BCUT2D eigenvalue weighted by Crippen LogP contribution is -2.39. The summed E-state index contributed by atoms with van der Waals surface area (Å²) >= 11 is 0. The van der Waals surface area contributed by atoms with Crippen molar-refractivity contribution in [1.82, 2.24) is 4.90 Å². The van der Waals surface area contributed by atoms with Crippen molar-refractivity contribution in [2.45, 2.75) is 53.2 Å². The van der Waals surface area contributed by atoms with Gasteiger partial charge in [-0.05, 0) is 24.0 Å². The second kappa shape index (κ2) is 8.94. The molecule has 2 aromatic carbocycles. The van der Waals surface area contributed by atoms with Gasteiger partial charge in [0.25, 0.3) is 0 Å². The fourth-order valence-corrected chi connectivity index (χ4v) is 3.50. The highest BCUT2D eigenvalue weighted by molar-refractivity contribution is 6.02. The minimum Gasteiger partial charge on any atom is -0.390 e. The van der Waals surface area contributed by atoms with E-state index in [1.165, 1.54) is 12.1 Å². The Bertz CT molecular complexity index is 950. The molecule has 160 valence electrons. The summed E-state index contributed by atoms with van der Waals surface area (Å²) in [6.45, 7) is 8.29. The molecule has 1 aliphatic heterocycles. The number of halogens is 2. The van der Waals surface area contributed by atoms with Crippen LogP contribution in [0.2, 0.25) is 0 Å². The Hall–Kier alpha value is -2.76. The third-order valence-electron chi connectivity index (χ3n) is 5.02. The SMILES string of the molecule is Cc1ccccc1C1=NO[C@H](CN(Cc2ccc(F)cc2F)C(=O)CC(C)(C)C)C1. The van der Waals surface area contributed by atoms with Crippen LogP contribution in [0.5, 0.6) is 0 Å². The zero-order valence-electron chi connectivity index (χ0n) is 17.9. The van der Waals surface area contributed by atoms with Crippen molar-refractivity contribution in [2.75, 3.05) is 6.54 Å². The highest BCUT2D eigenvalue weighted by Gasteiger charge is 2.29. The van der Waals surface area contributed by atoms with E-state index in [2.05, 4.69) is 5.16 Å². The molecule has 0 saturated heterocycles. The van der Waals surface area contributed by atoms with Crippen LogP contribution in [0.25, 0.3) is 0 Å². The van der Waals surface area contributed by atoms with Crippen LogP contribution in [-0.4, -0.2) is 29.2 Å². The molecule has 0 aliphatic carbocycles. The number of aryl methyl sites for hydroxylation is 1. The van der Waals surface area contributed by atoms with Crippen molar-refractivity contribution in [3.63, 3.8) is 0 Å². The fourth-order valence-electron chi connectivity index (χ4n) is 3.50. The van der Waals surface area contributed by atoms with E-state index < -0.39 is 11.6 Å². The Labute approximate surface area is 176 Å². The van der Waals surface area contributed by atoms with Crippen LogP contribution in [0.15, 0.2) is 47.6 Å². The van der Waals surface area contributed by atoms with Gasteiger partial charge in [0.1, 0.15) is 11.6 Å². The highest BCUT2D eigenvalue weighted by Crippen LogP contribution is 2.24. The first-order valence-electron chi connectivity index (χ1n) is 10.1. The average molecular weight is 414 g/mol. The van der Waals surface area contributed by atoms with Gasteiger partial charge in [0.2, 0.25) is 5.91 Å². The predicted molar refractivity (Wildman–Crippen MR) is 113 cm³/mol. The molecule has 1 amide bonds. The maximum Gasteiger partial charge on any atom is 0.223 e. The molecule has 3 rings (SSSR count). The number of benzene rings is 2. The lowest BCUT2D eigenvalue weighted by molar-refractivity contribution is -0.135. The molecule has 0 saturated carbocycles. The van der Waals surface area contributed by atoms with Crippen molar-refractivity contribution in [3.05, 3.63) is 70.8 Å². The first-order valence-corrected chi connectivity index (χ1v) is 10.1. The molecule has 0 N–H and O–H groups in total. The monoisotopic (exact) mass is 414 g/mol. The molecular formula is C24H28F2N2O2. The molecule has 2 aromatic rings. The summed E-state index contributed by atoms with van der Waals surface area (Å²) in [5.41, 5.74) is 3.04.